The van der Waals surface area contributed by atoms with Gasteiger partial charge in [0.2, 0.25) is 0 Å². The first kappa shape index (κ1) is 13.5. The summed E-state index contributed by atoms with van der Waals surface area (Å²) in [4.78, 5) is 11.4. The fraction of sp³-hybridized carbons (Fsp3) is 0.917. The lowest BCUT2D eigenvalue weighted by Crippen LogP contribution is -2.36. The molecule has 1 heterocycles. The van der Waals surface area contributed by atoms with E-state index >= 15 is 0 Å². The number of rotatable bonds is 5. The van der Waals surface area contributed by atoms with Crippen LogP contribution in [0.15, 0.2) is 0 Å². The summed E-state index contributed by atoms with van der Waals surface area (Å²) < 4.78 is 10.7. The minimum Gasteiger partial charge on any atom is -0.466 e. The van der Waals surface area contributed by atoms with Gasteiger partial charge in [0.25, 0.3) is 0 Å². The highest BCUT2D eigenvalue weighted by Gasteiger charge is 2.30. The van der Waals surface area contributed by atoms with Gasteiger partial charge in [-0.05, 0) is 32.1 Å². The van der Waals surface area contributed by atoms with Crippen molar-refractivity contribution < 1.29 is 19.4 Å². The fourth-order valence-corrected chi connectivity index (χ4v) is 2.07. The van der Waals surface area contributed by atoms with Gasteiger partial charge in [0, 0.05) is 6.61 Å². The lowest BCUT2D eigenvalue weighted by molar-refractivity contribution is -0.152. The monoisotopic (exact) mass is 230 g/mol. The zero-order valence-corrected chi connectivity index (χ0v) is 10.1. The van der Waals surface area contributed by atoms with E-state index in [2.05, 4.69) is 6.92 Å². The molecule has 1 N–H and O–H groups in total. The molecular formula is C12H22O4. The predicted octanol–water partition coefficient (Wildman–Crippen LogP) is 1.51. The molecule has 0 aromatic rings. The summed E-state index contributed by atoms with van der Waals surface area (Å²) in [6.07, 6.45) is 3.06. The molecule has 3 atom stereocenters. The Morgan fingerprint density at radius 2 is 2.25 bits per heavy atom. The molecule has 0 aromatic heterocycles. The highest BCUT2D eigenvalue weighted by molar-refractivity contribution is 5.70. The molecule has 1 aliphatic heterocycles. The summed E-state index contributed by atoms with van der Waals surface area (Å²) in [5.74, 6) is 0.198. The molecule has 1 rings (SSSR count). The van der Waals surface area contributed by atoms with Gasteiger partial charge >= 0.3 is 5.97 Å². The molecule has 94 valence electrons. The van der Waals surface area contributed by atoms with E-state index in [9.17, 15) is 4.79 Å². The van der Waals surface area contributed by atoms with Gasteiger partial charge in [-0.1, -0.05) is 6.92 Å². The molecule has 0 aliphatic carbocycles. The van der Waals surface area contributed by atoms with Gasteiger partial charge in [-0.2, -0.15) is 0 Å². The summed E-state index contributed by atoms with van der Waals surface area (Å²) in [5.41, 5.74) is 0. The van der Waals surface area contributed by atoms with Crippen molar-refractivity contribution in [3.63, 3.8) is 0 Å². The Morgan fingerprint density at radius 1 is 1.50 bits per heavy atom. The van der Waals surface area contributed by atoms with Gasteiger partial charge in [0.05, 0.1) is 25.2 Å². The number of esters is 1. The molecule has 1 aliphatic rings. The average molecular weight is 230 g/mol. The first-order chi connectivity index (χ1) is 7.67. The van der Waals surface area contributed by atoms with Gasteiger partial charge < -0.3 is 14.6 Å². The van der Waals surface area contributed by atoms with Crippen LogP contribution in [0, 0.1) is 5.92 Å². The minimum atomic E-state index is -0.191. The third-order valence-corrected chi connectivity index (χ3v) is 3.07. The van der Waals surface area contributed by atoms with Crippen LogP contribution in [-0.2, 0) is 14.3 Å². The molecule has 0 amide bonds. The molecule has 16 heavy (non-hydrogen) atoms. The van der Waals surface area contributed by atoms with Gasteiger partial charge in [-0.25, -0.2) is 0 Å². The second-order valence-electron chi connectivity index (χ2n) is 4.37. The molecule has 1 fully saturated rings. The molecule has 3 unspecified atom stereocenters. The Hall–Kier alpha value is -0.610. The zero-order chi connectivity index (χ0) is 12.0. The SMILES string of the molecule is CCOC(=O)CC1OC(CCO)CCC1C. The molecule has 0 radical (unpaired) electrons. The van der Waals surface area contributed by atoms with E-state index in [1.165, 1.54) is 0 Å². The Bertz CT molecular complexity index is 217. The van der Waals surface area contributed by atoms with E-state index in [1.807, 2.05) is 0 Å². The number of carbonyl (C=O) groups excluding carboxylic acids is 1. The lowest BCUT2D eigenvalue weighted by atomic mass is 9.90. The van der Waals surface area contributed by atoms with Crippen LogP contribution in [0.1, 0.15) is 39.5 Å². The second-order valence-corrected chi connectivity index (χ2v) is 4.37. The van der Waals surface area contributed by atoms with Crippen LogP contribution in [0.3, 0.4) is 0 Å². The summed E-state index contributed by atoms with van der Waals surface area (Å²) in [7, 11) is 0. The number of hydrogen-bond donors (Lipinski definition) is 1. The smallest absolute Gasteiger partial charge is 0.308 e. The van der Waals surface area contributed by atoms with Crippen molar-refractivity contribution in [3.8, 4) is 0 Å². The maximum absolute atomic E-state index is 11.4. The number of aliphatic hydroxyl groups is 1. The van der Waals surface area contributed by atoms with E-state index in [1.54, 1.807) is 6.92 Å². The van der Waals surface area contributed by atoms with E-state index in [-0.39, 0.29) is 24.8 Å². The second kappa shape index (κ2) is 6.86. The van der Waals surface area contributed by atoms with E-state index in [0.717, 1.165) is 12.8 Å². The van der Waals surface area contributed by atoms with Crippen LogP contribution < -0.4 is 0 Å². The summed E-state index contributed by atoms with van der Waals surface area (Å²) in [6, 6.07) is 0. The number of aliphatic hydroxyl groups excluding tert-OH is 1. The Balaban J connectivity index is 2.40. The molecule has 0 aromatic carbocycles. The van der Waals surface area contributed by atoms with Crippen LogP contribution in [0.2, 0.25) is 0 Å². The van der Waals surface area contributed by atoms with Crippen LogP contribution in [-0.4, -0.2) is 36.5 Å². The van der Waals surface area contributed by atoms with Crippen molar-refractivity contribution in [3.05, 3.63) is 0 Å². The van der Waals surface area contributed by atoms with Gasteiger partial charge in [-0.3, -0.25) is 4.79 Å². The van der Waals surface area contributed by atoms with Crippen LogP contribution in [0.25, 0.3) is 0 Å². The van der Waals surface area contributed by atoms with Crippen molar-refractivity contribution in [1.29, 1.82) is 0 Å². The fourth-order valence-electron chi connectivity index (χ4n) is 2.07. The minimum absolute atomic E-state index is 0.0515. The zero-order valence-electron chi connectivity index (χ0n) is 10.1. The molecular weight excluding hydrogens is 208 g/mol. The first-order valence-electron chi connectivity index (χ1n) is 6.09. The molecule has 0 bridgehead atoms. The molecule has 1 saturated heterocycles. The number of carbonyl (C=O) groups is 1. The third kappa shape index (κ3) is 4.10. The summed E-state index contributed by atoms with van der Waals surface area (Å²) in [6.45, 7) is 4.46. The van der Waals surface area contributed by atoms with Crippen molar-refractivity contribution in [1.82, 2.24) is 0 Å². The lowest BCUT2D eigenvalue weighted by Gasteiger charge is -2.34. The number of ether oxygens (including phenoxy) is 2. The standard InChI is InChI=1S/C12H22O4/c1-3-15-12(14)8-11-9(2)4-5-10(16-11)6-7-13/h9-11,13H,3-8H2,1-2H3. The summed E-state index contributed by atoms with van der Waals surface area (Å²) >= 11 is 0. The predicted molar refractivity (Wildman–Crippen MR) is 60.0 cm³/mol. The van der Waals surface area contributed by atoms with Crippen LogP contribution in [0.5, 0.6) is 0 Å². The molecule has 0 spiro atoms. The Kier molecular flexibility index (Phi) is 5.77. The highest BCUT2D eigenvalue weighted by atomic mass is 16.5. The van der Waals surface area contributed by atoms with E-state index in [0.29, 0.717) is 25.4 Å². The molecule has 4 nitrogen and oxygen atoms in total. The molecule has 0 saturated carbocycles. The third-order valence-electron chi connectivity index (χ3n) is 3.07. The Labute approximate surface area is 96.9 Å². The van der Waals surface area contributed by atoms with Gasteiger partial charge in [0.15, 0.2) is 0 Å². The van der Waals surface area contributed by atoms with Crippen molar-refractivity contribution >= 4 is 5.97 Å². The van der Waals surface area contributed by atoms with Crippen molar-refractivity contribution in [2.75, 3.05) is 13.2 Å². The summed E-state index contributed by atoms with van der Waals surface area (Å²) in [5, 5.41) is 8.87. The maximum Gasteiger partial charge on any atom is 0.308 e. The van der Waals surface area contributed by atoms with Crippen molar-refractivity contribution in [2.45, 2.75) is 51.7 Å². The van der Waals surface area contributed by atoms with Crippen molar-refractivity contribution in [2.24, 2.45) is 5.92 Å². The quantitative estimate of drug-likeness (QED) is 0.727. The van der Waals surface area contributed by atoms with E-state index in [4.69, 9.17) is 14.6 Å². The number of hydrogen-bond acceptors (Lipinski definition) is 4. The maximum atomic E-state index is 11.4. The normalized spacial score (nSPS) is 30.1. The average Bonchev–Trinajstić information content (AvgIpc) is 2.24. The largest absolute Gasteiger partial charge is 0.466 e. The molecule has 4 heteroatoms. The van der Waals surface area contributed by atoms with Gasteiger partial charge in [0.1, 0.15) is 0 Å². The van der Waals surface area contributed by atoms with Crippen LogP contribution in [0.4, 0.5) is 0 Å². The topological polar surface area (TPSA) is 55.8 Å². The van der Waals surface area contributed by atoms with E-state index < -0.39 is 0 Å². The highest BCUT2D eigenvalue weighted by Crippen LogP contribution is 2.28. The first-order valence-corrected chi connectivity index (χ1v) is 6.09. The van der Waals surface area contributed by atoms with Gasteiger partial charge in [-0.15, -0.1) is 0 Å². The Morgan fingerprint density at radius 3 is 2.88 bits per heavy atom. The van der Waals surface area contributed by atoms with Crippen LogP contribution >= 0.6 is 0 Å².